The molecule has 11 aromatic rings. The Bertz CT molecular complexity index is 3460. The summed E-state index contributed by atoms with van der Waals surface area (Å²) in [6, 6.07) is 66.0. The summed E-state index contributed by atoms with van der Waals surface area (Å²) >= 11 is 0. The normalized spacial score (nSPS) is 12.1. The number of para-hydroxylation sites is 2. The first-order valence-electron chi connectivity index (χ1n) is 20.2. The van der Waals surface area contributed by atoms with E-state index in [4.69, 9.17) is 4.42 Å². The number of aromatic nitrogens is 2. The smallest absolute Gasteiger partial charge is 0.193 e. The zero-order valence-corrected chi connectivity index (χ0v) is 33.1. The maximum absolute atomic E-state index is 13.3. The second-order valence-corrected chi connectivity index (χ2v) is 16.6. The average molecular weight is 761 g/mol. The lowest BCUT2D eigenvalue weighted by molar-refractivity contribution is 0.590. The summed E-state index contributed by atoms with van der Waals surface area (Å²) in [5.74, 6) is 0.571. The van der Waals surface area contributed by atoms with Crippen LogP contribution in [-0.2, 0) is 5.41 Å². The molecule has 59 heavy (non-hydrogen) atoms. The van der Waals surface area contributed by atoms with Crippen LogP contribution < -0.4 is 5.43 Å². The molecule has 0 aliphatic heterocycles. The molecule has 0 bridgehead atoms. The lowest BCUT2D eigenvalue weighted by Gasteiger charge is -2.19. The summed E-state index contributed by atoms with van der Waals surface area (Å²) in [4.78, 5) is 13.3. The van der Waals surface area contributed by atoms with Gasteiger partial charge in [0.1, 0.15) is 11.3 Å². The Morgan fingerprint density at radius 1 is 0.390 bits per heavy atom. The molecule has 0 fully saturated rings. The van der Waals surface area contributed by atoms with Gasteiger partial charge in [-0.2, -0.15) is 0 Å². The number of nitrogens with zero attached hydrogens (tertiary/aromatic N) is 2. The van der Waals surface area contributed by atoms with Gasteiger partial charge >= 0.3 is 0 Å². The molecule has 11 rings (SSSR count). The summed E-state index contributed by atoms with van der Waals surface area (Å²) in [5, 5.41) is 5.44. The molecule has 3 aromatic heterocycles. The van der Waals surface area contributed by atoms with Gasteiger partial charge in [0.2, 0.25) is 0 Å². The Labute approximate surface area is 341 Å². The van der Waals surface area contributed by atoms with Gasteiger partial charge in [0.15, 0.2) is 5.43 Å². The zero-order chi connectivity index (χ0) is 39.8. The van der Waals surface area contributed by atoms with Gasteiger partial charge in [0.25, 0.3) is 0 Å². The fourth-order valence-corrected chi connectivity index (χ4v) is 8.84. The molecule has 0 N–H and O–H groups in total. The number of hydrogen-bond donors (Lipinski definition) is 0. The highest BCUT2D eigenvalue weighted by molar-refractivity contribution is 6.19. The van der Waals surface area contributed by atoms with E-state index in [9.17, 15) is 4.79 Å². The van der Waals surface area contributed by atoms with Gasteiger partial charge in [-0.25, -0.2) is 0 Å². The monoisotopic (exact) mass is 760 g/mol. The molecule has 4 heteroatoms. The van der Waals surface area contributed by atoms with Crippen molar-refractivity contribution in [2.45, 2.75) is 26.2 Å². The average Bonchev–Trinajstić information content (AvgIpc) is 3.77. The quantitative estimate of drug-likeness (QED) is 0.175. The summed E-state index contributed by atoms with van der Waals surface area (Å²) in [6.45, 7) is 6.78. The van der Waals surface area contributed by atoms with Crippen molar-refractivity contribution < 1.29 is 4.42 Å². The minimum absolute atomic E-state index is 0.0532. The van der Waals surface area contributed by atoms with Crippen molar-refractivity contribution in [2.24, 2.45) is 0 Å². The fourth-order valence-electron chi connectivity index (χ4n) is 8.84. The molecular weight excluding hydrogens is 721 g/mol. The summed E-state index contributed by atoms with van der Waals surface area (Å²) < 4.78 is 11.0. The van der Waals surface area contributed by atoms with Crippen molar-refractivity contribution in [2.75, 3.05) is 0 Å². The van der Waals surface area contributed by atoms with Crippen molar-refractivity contribution in [3.8, 4) is 45.0 Å². The molecule has 4 nitrogen and oxygen atoms in total. The molecule has 0 atom stereocenters. The first-order chi connectivity index (χ1) is 28.8. The van der Waals surface area contributed by atoms with Crippen LogP contribution in [0.25, 0.3) is 99.5 Å². The topological polar surface area (TPSA) is 40.1 Å². The van der Waals surface area contributed by atoms with E-state index in [1.807, 2.05) is 48.5 Å². The van der Waals surface area contributed by atoms with Crippen molar-refractivity contribution in [3.63, 3.8) is 0 Å². The third-order valence-corrected chi connectivity index (χ3v) is 11.9. The molecule has 0 saturated carbocycles. The second kappa shape index (κ2) is 13.3. The standard InChI is InChI=1S/C55H40N2O2/c1-55(2,3)40-24-26-42(27-25-40)57-49-28-22-38(30-44(49)46-33-50-45(32-51(46)57)43-16-10-11-17-48(43)56(50)41-14-8-5-9-15-41)35-18-20-36(21-19-35)39-23-29-53-47(31-39)52(58)34-54(59-53)37-12-6-4-7-13-37/h4-34H,1-3H3. The first-order valence-corrected chi connectivity index (χ1v) is 20.2. The van der Waals surface area contributed by atoms with Crippen LogP contribution in [0.1, 0.15) is 26.3 Å². The molecule has 0 radical (unpaired) electrons. The van der Waals surface area contributed by atoms with E-state index in [2.05, 4.69) is 163 Å². The van der Waals surface area contributed by atoms with E-state index in [1.54, 1.807) is 6.07 Å². The van der Waals surface area contributed by atoms with Gasteiger partial charge < -0.3 is 13.6 Å². The van der Waals surface area contributed by atoms with E-state index in [0.29, 0.717) is 16.7 Å². The summed E-state index contributed by atoms with van der Waals surface area (Å²) in [7, 11) is 0. The Balaban J connectivity index is 1.05. The number of rotatable bonds is 5. The number of benzene rings is 8. The van der Waals surface area contributed by atoms with Crippen LogP contribution in [0.3, 0.4) is 0 Å². The summed E-state index contributed by atoms with van der Waals surface area (Å²) in [6.07, 6.45) is 0. The molecule has 0 unspecified atom stereocenters. The van der Waals surface area contributed by atoms with Crippen molar-refractivity contribution in [1.29, 1.82) is 0 Å². The maximum atomic E-state index is 13.3. The maximum Gasteiger partial charge on any atom is 0.193 e. The molecule has 0 aliphatic carbocycles. The third-order valence-electron chi connectivity index (χ3n) is 11.9. The van der Waals surface area contributed by atoms with E-state index in [1.165, 1.54) is 43.7 Å². The third kappa shape index (κ3) is 5.79. The van der Waals surface area contributed by atoms with Crippen LogP contribution in [0, 0.1) is 0 Å². The minimum atomic E-state index is -0.0532. The molecule has 0 spiro atoms. The number of fused-ring (bicyclic) bond motifs is 7. The van der Waals surface area contributed by atoms with Crippen molar-refractivity contribution in [1.82, 2.24) is 9.13 Å². The first kappa shape index (κ1) is 34.8. The summed E-state index contributed by atoms with van der Waals surface area (Å²) in [5.41, 5.74) is 14.0. The van der Waals surface area contributed by atoms with Crippen molar-refractivity contribution >= 4 is 54.6 Å². The predicted molar refractivity (Wildman–Crippen MR) is 246 cm³/mol. The zero-order valence-electron chi connectivity index (χ0n) is 33.1. The lowest BCUT2D eigenvalue weighted by Crippen LogP contribution is -2.10. The van der Waals surface area contributed by atoms with Gasteiger partial charge in [0.05, 0.1) is 27.5 Å². The number of hydrogen-bond acceptors (Lipinski definition) is 2. The Kier molecular flexibility index (Phi) is 7.86. The lowest BCUT2D eigenvalue weighted by atomic mass is 9.87. The van der Waals surface area contributed by atoms with E-state index >= 15 is 0 Å². The van der Waals surface area contributed by atoms with Crippen molar-refractivity contribution in [3.05, 3.63) is 204 Å². The highest BCUT2D eigenvalue weighted by atomic mass is 16.3. The molecule has 0 amide bonds. The SMILES string of the molecule is CC(C)(C)c1ccc(-n2c3ccc(-c4ccc(-c5ccc6oc(-c7ccccc7)cc(=O)c6c5)cc4)cc3c3cc4c(cc32)c2ccccc2n4-c2ccccc2)cc1. The van der Waals surface area contributed by atoms with E-state index < -0.39 is 0 Å². The van der Waals surface area contributed by atoms with Gasteiger partial charge in [-0.15, -0.1) is 0 Å². The van der Waals surface area contributed by atoms with Gasteiger partial charge in [0, 0.05) is 44.5 Å². The largest absolute Gasteiger partial charge is 0.456 e. The highest BCUT2D eigenvalue weighted by Crippen LogP contribution is 2.41. The molecular formula is C55H40N2O2. The van der Waals surface area contributed by atoms with Crippen LogP contribution in [0.5, 0.6) is 0 Å². The second-order valence-electron chi connectivity index (χ2n) is 16.6. The van der Waals surface area contributed by atoms with Crippen LogP contribution in [0.2, 0.25) is 0 Å². The molecule has 282 valence electrons. The van der Waals surface area contributed by atoms with E-state index in [-0.39, 0.29) is 10.8 Å². The van der Waals surface area contributed by atoms with Gasteiger partial charge in [-0.05, 0) is 100.0 Å². The fraction of sp³-hybridized carbons (Fsp3) is 0.0727. The predicted octanol–water partition coefficient (Wildman–Crippen LogP) is 14.3. The van der Waals surface area contributed by atoms with Crippen LogP contribution in [0.15, 0.2) is 197 Å². The molecule has 8 aromatic carbocycles. The van der Waals surface area contributed by atoms with Gasteiger partial charge in [-0.3, -0.25) is 4.79 Å². The van der Waals surface area contributed by atoms with E-state index in [0.717, 1.165) is 44.7 Å². The molecule has 0 aliphatic rings. The minimum Gasteiger partial charge on any atom is -0.456 e. The molecule has 0 saturated heterocycles. The molecule has 3 heterocycles. The Morgan fingerprint density at radius 3 is 1.56 bits per heavy atom. The van der Waals surface area contributed by atoms with Gasteiger partial charge in [-0.1, -0.05) is 136 Å². The van der Waals surface area contributed by atoms with Crippen LogP contribution in [0.4, 0.5) is 0 Å². The van der Waals surface area contributed by atoms with Crippen LogP contribution >= 0.6 is 0 Å². The Morgan fingerprint density at radius 2 is 0.898 bits per heavy atom. The van der Waals surface area contributed by atoms with Crippen LogP contribution in [-0.4, -0.2) is 9.13 Å². The Hall–Kier alpha value is -7.43. The highest BCUT2D eigenvalue weighted by Gasteiger charge is 2.20.